The fraction of sp³-hybridized carbons (Fsp3) is 0.308. The van der Waals surface area contributed by atoms with Gasteiger partial charge in [-0.3, -0.25) is 0 Å². The third-order valence-corrected chi connectivity index (χ3v) is 1.93. The fourth-order valence-corrected chi connectivity index (χ4v) is 1.19. The smallest absolute Gasteiger partial charge is 0.341 e. The van der Waals surface area contributed by atoms with E-state index in [1.54, 1.807) is 6.92 Å². The molecule has 0 bridgehead atoms. The number of carbonyl (C=O) groups excluding carboxylic acids is 1. The van der Waals surface area contributed by atoms with Crippen molar-refractivity contribution in [2.45, 2.75) is 13.3 Å². The lowest BCUT2D eigenvalue weighted by Gasteiger charge is -2.03. The van der Waals surface area contributed by atoms with Gasteiger partial charge in [-0.1, -0.05) is 11.8 Å². The Morgan fingerprint density at radius 3 is 2.94 bits per heavy atom. The van der Waals surface area contributed by atoms with Crippen LogP contribution in [0.4, 0.5) is 4.39 Å². The maximum absolute atomic E-state index is 13.3. The van der Waals surface area contributed by atoms with Crippen LogP contribution in [0.5, 0.6) is 0 Å². The number of hydrogen-bond donors (Lipinski definition) is 1. The highest BCUT2D eigenvalue weighted by Crippen LogP contribution is 2.11. The van der Waals surface area contributed by atoms with Crippen LogP contribution in [0.3, 0.4) is 0 Å². The first-order valence-corrected chi connectivity index (χ1v) is 5.25. The largest absolute Gasteiger partial charge is 0.462 e. The van der Waals surface area contributed by atoms with E-state index >= 15 is 0 Å². The second kappa shape index (κ2) is 6.66. The Morgan fingerprint density at radius 1 is 1.53 bits per heavy atom. The second-order valence-electron chi connectivity index (χ2n) is 3.19. The molecule has 90 valence electrons. The molecule has 4 heteroatoms. The second-order valence-corrected chi connectivity index (χ2v) is 3.19. The minimum absolute atomic E-state index is 0.0288. The number of aliphatic hydroxyl groups excluding tert-OH is 1. The molecule has 0 atom stereocenters. The number of halogens is 1. The average molecular weight is 236 g/mol. The molecule has 17 heavy (non-hydrogen) atoms. The minimum atomic E-state index is -0.698. The molecule has 0 radical (unpaired) electrons. The number of aliphatic hydroxyl groups is 1. The van der Waals surface area contributed by atoms with Gasteiger partial charge >= 0.3 is 5.97 Å². The molecule has 1 aromatic rings. The number of carbonyl (C=O) groups is 1. The predicted molar refractivity (Wildman–Crippen MR) is 60.9 cm³/mol. The summed E-state index contributed by atoms with van der Waals surface area (Å²) in [6, 6.07) is 4.00. The Bertz CT molecular complexity index is 457. The van der Waals surface area contributed by atoms with E-state index in [9.17, 15) is 9.18 Å². The molecule has 0 amide bonds. The Morgan fingerprint density at radius 2 is 2.29 bits per heavy atom. The molecule has 1 aromatic carbocycles. The molecule has 0 aliphatic heterocycles. The van der Waals surface area contributed by atoms with Crippen LogP contribution in [0.25, 0.3) is 0 Å². The number of benzene rings is 1. The Labute approximate surface area is 99.2 Å². The molecular weight excluding hydrogens is 223 g/mol. The molecule has 0 spiro atoms. The summed E-state index contributed by atoms with van der Waals surface area (Å²) in [5.74, 6) is 4.09. The zero-order chi connectivity index (χ0) is 12.7. The van der Waals surface area contributed by atoms with Crippen molar-refractivity contribution in [1.82, 2.24) is 0 Å². The molecule has 0 heterocycles. The zero-order valence-electron chi connectivity index (χ0n) is 9.50. The van der Waals surface area contributed by atoms with Crippen LogP contribution in [0.1, 0.15) is 29.3 Å². The molecule has 3 nitrogen and oxygen atoms in total. The lowest BCUT2D eigenvalue weighted by molar-refractivity contribution is 0.0521. The summed E-state index contributed by atoms with van der Waals surface area (Å²) in [5.41, 5.74) is 0.394. The summed E-state index contributed by atoms with van der Waals surface area (Å²) in [7, 11) is 0. The Kier molecular flexibility index (Phi) is 5.18. The van der Waals surface area contributed by atoms with Gasteiger partial charge in [0.15, 0.2) is 0 Å². The van der Waals surface area contributed by atoms with Crippen molar-refractivity contribution >= 4 is 5.97 Å². The highest BCUT2D eigenvalue weighted by atomic mass is 19.1. The van der Waals surface area contributed by atoms with Gasteiger partial charge in [0.05, 0.1) is 18.8 Å². The predicted octanol–water partition coefficient (Wildman–Crippen LogP) is 1.74. The van der Waals surface area contributed by atoms with E-state index in [1.807, 2.05) is 0 Å². The van der Waals surface area contributed by atoms with Gasteiger partial charge in [-0.05, 0) is 25.1 Å². The van der Waals surface area contributed by atoms with Gasteiger partial charge in [0.25, 0.3) is 0 Å². The quantitative estimate of drug-likeness (QED) is 0.642. The van der Waals surface area contributed by atoms with Crippen molar-refractivity contribution < 1.29 is 19.0 Å². The molecule has 1 N–H and O–H groups in total. The highest BCUT2D eigenvalue weighted by molar-refractivity contribution is 5.90. The van der Waals surface area contributed by atoms with Crippen LogP contribution in [0, 0.1) is 17.7 Å². The molecule has 0 aromatic heterocycles. The molecular formula is C13H13FO3. The lowest BCUT2D eigenvalue weighted by atomic mass is 10.1. The number of rotatable bonds is 3. The summed E-state index contributed by atoms with van der Waals surface area (Å²) < 4.78 is 18.1. The molecule has 0 unspecified atom stereocenters. The van der Waals surface area contributed by atoms with Crippen molar-refractivity contribution in [2.24, 2.45) is 0 Å². The first-order valence-electron chi connectivity index (χ1n) is 5.25. The van der Waals surface area contributed by atoms with Gasteiger partial charge in [0.1, 0.15) is 5.82 Å². The van der Waals surface area contributed by atoms with E-state index in [0.717, 1.165) is 0 Å². The number of ether oxygens (including phenoxy) is 1. The van der Waals surface area contributed by atoms with E-state index in [-0.39, 0.29) is 18.8 Å². The van der Waals surface area contributed by atoms with Crippen LogP contribution in [-0.4, -0.2) is 24.3 Å². The minimum Gasteiger partial charge on any atom is -0.462 e. The van der Waals surface area contributed by atoms with Gasteiger partial charge in [-0.15, -0.1) is 0 Å². The lowest BCUT2D eigenvalue weighted by Crippen LogP contribution is -2.07. The number of hydrogen-bond acceptors (Lipinski definition) is 3. The van der Waals surface area contributed by atoms with Gasteiger partial charge in [-0.25, -0.2) is 9.18 Å². The SMILES string of the molecule is CCOC(=O)c1cc(C#CCCO)ccc1F. The van der Waals surface area contributed by atoms with E-state index in [2.05, 4.69) is 11.8 Å². The van der Waals surface area contributed by atoms with Crippen molar-refractivity contribution in [3.05, 3.63) is 35.1 Å². The Hall–Kier alpha value is -1.86. The van der Waals surface area contributed by atoms with Crippen molar-refractivity contribution in [2.75, 3.05) is 13.2 Å². The third kappa shape index (κ3) is 3.89. The first kappa shape index (κ1) is 13.2. The van der Waals surface area contributed by atoms with E-state index in [0.29, 0.717) is 12.0 Å². The van der Waals surface area contributed by atoms with Crippen LogP contribution in [0.2, 0.25) is 0 Å². The molecule has 0 aliphatic rings. The maximum Gasteiger partial charge on any atom is 0.341 e. The van der Waals surface area contributed by atoms with Crippen molar-refractivity contribution in [3.8, 4) is 11.8 Å². The summed E-state index contributed by atoms with van der Waals surface area (Å²) >= 11 is 0. The summed E-state index contributed by atoms with van der Waals surface area (Å²) in [5, 5.41) is 8.56. The first-order chi connectivity index (χ1) is 8.19. The Balaban J connectivity index is 2.95. The van der Waals surface area contributed by atoms with Crippen LogP contribution in [-0.2, 0) is 4.74 Å². The van der Waals surface area contributed by atoms with Gasteiger partial charge in [0, 0.05) is 12.0 Å². The highest BCUT2D eigenvalue weighted by Gasteiger charge is 2.12. The average Bonchev–Trinajstić information content (AvgIpc) is 2.32. The van der Waals surface area contributed by atoms with Crippen molar-refractivity contribution in [3.63, 3.8) is 0 Å². The van der Waals surface area contributed by atoms with E-state index < -0.39 is 11.8 Å². The van der Waals surface area contributed by atoms with Gasteiger partial charge in [0.2, 0.25) is 0 Å². The summed E-state index contributed by atoms with van der Waals surface area (Å²) in [4.78, 5) is 11.4. The summed E-state index contributed by atoms with van der Waals surface area (Å²) in [6.07, 6.45) is 0.339. The van der Waals surface area contributed by atoms with Crippen LogP contribution in [0.15, 0.2) is 18.2 Å². The van der Waals surface area contributed by atoms with Crippen LogP contribution < -0.4 is 0 Å². The fourth-order valence-electron chi connectivity index (χ4n) is 1.19. The maximum atomic E-state index is 13.3. The molecule has 0 aliphatic carbocycles. The van der Waals surface area contributed by atoms with E-state index in [1.165, 1.54) is 18.2 Å². The zero-order valence-corrected chi connectivity index (χ0v) is 9.50. The third-order valence-electron chi connectivity index (χ3n) is 1.93. The monoisotopic (exact) mass is 236 g/mol. The topological polar surface area (TPSA) is 46.5 Å². The standard InChI is InChI=1S/C13H13FO3/c1-2-17-13(16)11-9-10(5-3-4-8-15)6-7-12(11)14/h6-7,9,15H,2,4,8H2,1H3. The molecule has 0 fully saturated rings. The summed E-state index contributed by atoms with van der Waals surface area (Å²) in [6.45, 7) is 1.82. The van der Waals surface area contributed by atoms with Gasteiger partial charge < -0.3 is 9.84 Å². The normalized spacial score (nSPS) is 9.35. The molecule has 1 rings (SSSR count). The molecule has 0 saturated carbocycles. The molecule has 0 saturated heterocycles. The van der Waals surface area contributed by atoms with Gasteiger partial charge in [-0.2, -0.15) is 0 Å². The van der Waals surface area contributed by atoms with E-state index in [4.69, 9.17) is 9.84 Å². The van der Waals surface area contributed by atoms with Crippen molar-refractivity contribution in [1.29, 1.82) is 0 Å². The van der Waals surface area contributed by atoms with Crippen LogP contribution >= 0.6 is 0 Å². The number of esters is 1.